The number of alkyl halides is 2. The van der Waals surface area contributed by atoms with Crippen LogP contribution < -0.4 is 10.2 Å². The Bertz CT molecular complexity index is 967. The topological polar surface area (TPSA) is 61.4 Å². The number of likely N-dealkylation sites (tertiary alicyclic amines) is 1. The fourth-order valence-electron chi connectivity index (χ4n) is 4.24. The first kappa shape index (κ1) is 23.3. The van der Waals surface area contributed by atoms with E-state index in [0.717, 1.165) is 51.3 Å². The van der Waals surface area contributed by atoms with Crippen molar-refractivity contribution in [3.05, 3.63) is 47.5 Å². The molecule has 1 N–H and O–H groups in total. The van der Waals surface area contributed by atoms with Gasteiger partial charge in [0.1, 0.15) is 6.33 Å². The monoisotopic (exact) mass is 461 g/mol. The highest BCUT2D eigenvalue weighted by Gasteiger charge is 2.33. The molecule has 2 heterocycles. The Hall–Kier alpha value is -2.84. The number of hydrogen-bond acceptors (Lipinski definition) is 5. The van der Waals surface area contributed by atoms with Gasteiger partial charge in [0.05, 0.1) is 0 Å². The van der Waals surface area contributed by atoms with E-state index in [1.165, 1.54) is 18.5 Å². The van der Waals surface area contributed by atoms with Crippen molar-refractivity contribution >= 4 is 17.5 Å². The molecule has 178 valence electrons. The molecule has 2 aromatic rings. The predicted octanol–water partition coefficient (Wildman–Crippen LogP) is 4.57. The van der Waals surface area contributed by atoms with E-state index in [1.807, 2.05) is 9.80 Å². The lowest BCUT2D eigenvalue weighted by Crippen LogP contribution is -2.38. The standard InChI is InChI=1S/C24H30F3N5O/c1-16(33)31-11-9-17(10-12-31)13-28-22-21(25)23(30-15-29-22)32(20-7-8-20)14-18-3-5-19(6-4-18)24(2,26)27/h3-6,15,17,20H,7-14H2,1-2H3,(H,28,29,30). The summed E-state index contributed by atoms with van der Waals surface area (Å²) in [4.78, 5) is 23.5. The molecule has 0 spiro atoms. The van der Waals surface area contributed by atoms with Crippen LogP contribution in [0.15, 0.2) is 30.6 Å². The van der Waals surface area contributed by atoms with E-state index in [9.17, 15) is 13.6 Å². The van der Waals surface area contributed by atoms with E-state index in [0.29, 0.717) is 19.0 Å². The van der Waals surface area contributed by atoms with Crippen molar-refractivity contribution in [1.82, 2.24) is 14.9 Å². The van der Waals surface area contributed by atoms with Crippen molar-refractivity contribution in [1.29, 1.82) is 0 Å². The molecule has 0 bridgehead atoms. The van der Waals surface area contributed by atoms with Gasteiger partial charge in [0.25, 0.3) is 5.92 Å². The summed E-state index contributed by atoms with van der Waals surface area (Å²) in [7, 11) is 0. The number of carbonyl (C=O) groups is 1. The molecule has 6 nitrogen and oxygen atoms in total. The van der Waals surface area contributed by atoms with Gasteiger partial charge in [-0.2, -0.15) is 4.39 Å². The normalized spacial score (nSPS) is 17.2. The van der Waals surface area contributed by atoms with Crippen LogP contribution in [0.25, 0.3) is 0 Å². The lowest BCUT2D eigenvalue weighted by Gasteiger charge is -2.31. The van der Waals surface area contributed by atoms with E-state index >= 15 is 4.39 Å². The first-order chi connectivity index (χ1) is 15.7. The number of nitrogens with zero attached hydrogens (tertiary/aromatic N) is 4. The average molecular weight is 462 g/mol. The summed E-state index contributed by atoms with van der Waals surface area (Å²) in [5.41, 5.74) is 0.776. The lowest BCUT2D eigenvalue weighted by atomic mass is 9.97. The van der Waals surface area contributed by atoms with E-state index in [2.05, 4.69) is 15.3 Å². The molecule has 1 aromatic heterocycles. The van der Waals surface area contributed by atoms with Gasteiger partial charge in [-0.3, -0.25) is 4.79 Å². The zero-order valence-corrected chi connectivity index (χ0v) is 19.0. The van der Waals surface area contributed by atoms with Crippen molar-refractivity contribution in [3.8, 4) is 0 Å². The van der Waals surface area contributed by atoms with Gasteiger partial charge in [-0.05, 0) is 37.2 Å². The van der Waals surface area contributed by atoms with Gasteiger partial charge in [-0.1, -0.05) is 24.3 Å². The van der Waals surface area contributed by atoms with Gasteiger partial charge in [0.2, 0.25) is 11.7 Å². The van der Waals surface area contributed by atoms with Crippen LogP contribution in [-0.4, -0.2) is 46.5 Å². The molecule has 9 heteroatoms. The summed E-state index contributed by atoms with van der Waals surface area (Å²) in [5.74, 6) is -2.56. The van der Waals surface area contributed by atoms with Crippen LogP contribution >= 0.6 is 0 Å². The SMILES string of the molecule is CC(=O)N1CCC(CNc2ncnc(N(Cc3ccc(C(C)(F)F)cc3)C3CC3)c2F)CC1. The van der Waals surface area contributed by atoms with Crippen molar-refractivity contribution in [2.24, 2.45) is 5.92 Å². The van der Waals surface area contributed by atoms with Crippen molar-refractivity contribution < 1.29 is 18.0 Å². The van der Waals surface area contributed by atoms with Gasteiger partial charge in [-0.15, -0.1) is 0 Å². The Morgan fingerprint density at radius 3 is 2.39 bits per heavy atom. The second kappa shape index (κ2) is 9.57. The van der Waals surface area contributed by atoms with E-state index < -0.39 is 11.7 Å². The molecule has 2 aliphatic rings. The smallest absolute Gasteiger partial charge is 0.270 e. The number of benzene rings is 1. The summed E-state index contributed by atoms with van der Waals surface area (Å²) in [6.07, 6.45) is 4.97. The lowest BCUT2D eigenvalue weighted by molar-refractivity contribution is -0.130. The second-order valence-electron chi connectivity index (χ2n) is 9.13. The summed E-state index contributed by atoms with van der Waals surface area (Å²) in [6.45, 7) is 4.85. The van der Waals surface area contributed by atoms with Gasteiger partial charge in [0, 0.05) is 51.6 Å². The molecule has 0 atom stereocenters. The van der Waals surface area contributed by atoms with Crippen molar-refractivity contribution in [3.63, 3.8) is 0 Å². The number of nitrogens with one attached hydrogen (secondary N) is 1. The Labute approximate surface area is 192 Å². The van der Waals surface area contributed by atoms with Crippen LogP contribution in [0.4, 0.5) is 24.8 Å². The molecule has 1 aromatic carbocycles. The number of halogens is 3. The highest BCUT2D eigenvalue weighted by atomic mass is 19.3. The summed E-state index contributed by atoms with van der Waals surface area (Å²) in [5, 5.41) is 3.13. The number of hydrogen-bond donors (Lipinski definition) is 1. The fourth-order valence-corrected chi connectivity index (χ4v) is 4.24. The zero-order valence-electron chi connectivity index (χ0n) is 19.0. The number of rotatable bonds is 8. The van der Waals surface area contributed by atoms with Crippen molar-refractivity contribution in [2.45, 2.75) is 58.0 Å². The highest BCUT2D eigenvalue weighted by Crippen LogP contribution is 2.35. The number of piperidine rings is 1. The minimum absolute atomic E-state index is 0.0435. The Morgan fingerprint density at radius 1 is 1.15 bits per heavy atom. The second-order valence-corrected chi connectivity index (χ2v) is 9.13. The third kappa shape index (κ3) is 5.75. The molecular formula is C24H30F3N5O. The number of carbonyl (C=O) groups excluding carboxylic acids is 1. The molecule has 0 radical (unpaired) electrons. The Morgan fingerprint density at radius 2 is 1.82 bits per heavy atom. The highest BCUT2D eigenvalue weighted by molar-refractivity contribution is 5.73. The first-order valence-corrected chi connectivity index (χ1v) is 11.5. The molecule has 0 unspecified atom stereocenters. The summed E-state index contributed by atoms with van der Waals surface area (Å²) in [6, 6.07) is 6.33. The quantitative estimate of drug-likeness (QED) is 0.624. The fraction of sp³-hybridized carbons (Fsp3) is 0.542. The molecular weight excluding hydrogens is 431 g/mol. The van der Waals surface area contributed by atoms with Crippen LogP contribution in [0.2, 0.25) is 0 Å². The molecule has 1 aliphatic heterocycles. The Kier molecular flexibility index (Phi) is 6.76. The van der Waals surface area contributed by atoms with Gasteiger partial charge >= 0.3 is 0 Å². The average Bonchev–Trinajstić information content (AvgIpc) is 3.62. The molecule has 2 fully saturated rings. The maximum absolute atomic E-state index is 15.4. The molecule has 4 rings (SSSR count). The molecule has 1 saturated carbocycles. The minimum atomic E-state index is -2.89. The van der Waals surface area contributed by atoms with E-state index in [4.69, 9.17) is 0 Å². The van der Waals surface area contributed by atoms with Crippen LogP contribution in [0.1, 0.15) is 50.7 Å². The number of amides is 1. The van der Waals surface area contributed by atoms with Gasteiger partial charge in [0.15, 0.2) is 11.6 Å². The van der Waals surface area contributed by atoms with Gasteiger partial charge in [-0.25, -0.2) is 18.7 Å². The maximum Gasteiger partial charge on any atom is 0.270 e. The maximum atomic E-state index is 15.4. The summed E-state index contributed by atoms with van der Waals surface area (Å²) < 4.78 is 42.4. The largest absolute Gasteiger partial charge is 0.367 e. The van der Waals surface area contributed by atoms with Gasteiger partial charge < -0.3 is 15.1 Å². The Balaban J connectivity index is 1.43. The molecule has 1 saturated heterocycles. The van der Waals surface area contributed by atoms with Crippen LogP contribution in [0, 0.1) is 11.7 Å². The third-order valence-electron chi connectivity index (χ3n) is 6.46. The van der Waals surface area contributed by atoms with E-state index in [1.54, 1.807) is 19.1 Å². The number of aromatic nitrogens is 2. The molecule has 1 aliphatic carbocycles. The molecule has 33 heavy (non-hydrogen) atoms. The van der Waals surface area contributed by atoms with Crippen molar-refractivity contribution in [2.75, 3.05) is 29.9 Å². The third-order valence-corrected chi connectivity index (χ3v) is 6.46. The predicted molar refractivity (Wildman–Crippen MR) is 121 cm³/mol. The van der Waals surface area contributed by atoms with Crippen LogP contribution in [-0.2, 0) is 17.3 Å². The minimum Gasteiger partial charge on any atom is -0.367 e. The summed E-state index contributed by atoms with van der Waals surface area (Å²) >= 11 is 0. The zero-order chi connectivity index (χ0) is 23.6. The van der Waals surface area contributed by atoms with Crippen LogP contribution in [0.3, 0.4) is 0 Å². The number of anilines is 2. The van der Waals surface area contributed by atoms with Crippen LogP contribution in [0.5, 0.6) is 0 Å². The van der Waals surface area contributed by atoms with E-state index in [-0.39, 0.29) is 29.1 Å². The first-order valence-electron chi connectivity index (χ1n) is 11.5. The molecule has 1 amide bonds.